The molecule has 3 saturated heterocycles. The van der Waals surface area contributed by atoms with E-state index in [2.05, 4.69) is 0 Å². The molecule has 0 aromatic rings. The van der Waals surface area contributed by atoms with Crippen molar-refractivity contribution in [3.05, 3.63) is 0 Å². The fourth-order valence-electron chi connectivity index (χ4n) is 1.01. The van der Waals surface area contributed by atoms with Crippen LogP contribution in [-0.2, 0) is 0 Å². The molecule has 3 aliphatic heterocycles. The van der Waals surface area contributed by atoms with Crippen LogP contribution in [0.5, 0.6) is 0 Å². The van der Waals surface area contributed by atoms with Crippen LogP contribution < -0.4 is 0 Å². The summed E-state index contributed by atoms with van der Waals surface area (Å²) in [6.07, 6.45) is -2.93. The summed E-state index contributed by atoms with van der Waals surface area (Å²) in [5.74, 6) is -1.04. The second-order valence-corrected chi connectivity index (χ2v) is 2.25. The lowest BCUT2D eigenvalue weighted by atomic mass is 9.86. The van der Waals surface area contributed by atoms with Gasteiger partial charge in [-0.3, -0.25) is 0 Å². The van der Waals surface area contributed by atoms with E-state index < -0.39 is 31.5 Å². The van der Waals surface area contributed by atoms with Crippen molar-refractivity contribution < 1.29 is 14.7 Å². The van der Waals surface area contributed by atoms with Crippen LogP contribution >= 0.6 is 0 Å². The zero-order valence-electron chi connectivity index (χ0n) is 11.9. The normalized spacial score (nSPS) is 86.1. The molecule has 2 nitrogen and oxygen atoms in total. The van der Waals surface area contributed by atoms with Gasteiger partial charge in [0.25, 0.3) is 0 Å². The van der Waals surface area contributed by atoms with Crippen molar-refractivity contribution in [2.24, 2.45) is 5.92 Å². The predicted octanol–water partition coefficient (Wildman–Crippen LogP) is 0.0729. The minimum absolute atomic E-state index is 0.230. The highest BCUT2D eigenvalue weighted by Gasteiger charge is 2.32. The van der Waals surface area contributed by atoms with Crippen molar-refractivity contribution in [2.75, 3.05) is 19.5 Å². The first kappa shape index (κ1) is 1.95. The molecule has 9 heavy (non-hydrogen) atoms. The highest BCUT2D eigenvalue weighted by Crippen LogP contribution is 2.26. The van der Waals surface area contributed by atoms with Crippen LogP contribution in [0.2, 0.25) is 0 Å². The van der Waals surface area contributed by atoms with Crippen molar-refractivity contribution >= 4 is 0 Å². The van der Waals surface area contributed by atoms with Crippen molar-refractivity contribution in [3.63, 3.8) is 0 Å². The van der Waals surface area contributed by atoms with Crippen molar-refractivity contribution in [1.29, 1.82) is 0 Å². The van der Waals surface area contributed by atoms with E-state index >= 15 is 0 Å². The Morgan fingerprint density at radius 1 is 1.56 bits per heavy atom. The van der Waals surface area contributed by atoms with Gasteiger partial charge in [0.2, 0.25) is 0 Å². The number of nitrogens with zero attached hydrogens (tertiary/aromatic N) is 1. The van der Waals surface area contributed by atoms with Gasteiger partial charge in [-0.25, -0.2) is 0 Å². The number of fused-ring (bicyclic) bond motifs is 3. The van der Waals surface area contributed by atoms with Crippen LogP contribution in [-0.4, -0.2) is 35.6 Å². The van der Waals surface area contributed by atoms with Crippen LogP contribution in [0.1, 0.15) is 22.4 Å². The fourth-order valence-corrected chi connectivity index (χ4v) is 1.01. The lowest BCUT2D eigenvalue weighted by molar-refractivity contribution is -0.0227. The summed E-state index contributed by atoms with van der Waals surface area (Å²) in [5, 5.41) is 9.77. The first-order valence-corrected chi connectivity index (χ1v) is 2.96. The number of rotatable bonds is 0. The molecule has 0 aromatic carbocycles. The minimum Gasteiger partial charge on any atom is -0.392 e. The molecule has 0 spiro atoms. The Bertz CT molecular complexity index is 311. The monoisotopic (exact) mass is 134 g/mol. The van der Waals surface area contributed by atoms with Gasteiger partial charge in [0.05, 0.1) is 7.45 Å². The standard InChI is InChI=1S/C7H13NO/c9-7-5-8-3-1-6(7)2-4-8/h6-7,9H,1-5H2/i3D2,4D2,5D2,7D. The number of piperidine rings is 3. The first-order valence-electron chi connectivity index (χ1n) is 6.46. The van der Waals surface area contributed by atoms with Gasteiger partial charge in [-0.2, -0.15) is 0 Å². The third kappa shape index (κ3) is 0.864. The van der Waals surface area contributed by atoms with Crippen molar-refractivity contribution in [2.45, 2.75) is 18.9 Å². The third-order valence-corrected chi connectivity index (χ3v) is 1.60. The molecule has 2 bridgehead atoms. The van der Waals surface area contributed by atoms with Gasteiger partial charge in [-0.15, -0.1) is 0 Å². The molecule has 0 radical (unpaired) electrons. The molecule has 0 aromatic heterocycles. The molecular weight excluding hydrogens is 114 g/mol. The molecule has 52 valence electrons. The molecule has 0 amide bonds. The summed E-state index contributed by atoms with van der Waals surface area (Å²) < 4.78 is 53.3. The van der Waals surface area contributed by atoms with Gasteiger partial charge < -0.3 is 10.0 Å². The van der Waals surface area contributed by atoms with Crippen LogP contribution in [0.15, 0.2) is 0 Å². The Balaban J connectivity index is 2.56. The molecule has 1 unspecified atom stereocenters. The van der Waals surface area contributed by atoms with E-state index in [0.717, 1.165) is 0 Å². The van der Waals surface area contributed by atoms with Crippen LogP contribution in [0, 0.1) is 5.92 Å². The van der Waals surface area contributed by atoms with E-state index in [1.165, 1.54) is 0 Å². The summed E-state index contributed by atoms with van der Waals surface area (Å²) in [7, 11) is 0. The van der Waals surface area contributed by atoms with E-state index in [4.69, 9.17) is 9.60 Å². The Morgan fingerprint density at radius 3 is 2.67 bits per heavy atom. The Morgan fingerprint density at radius 2 is 2.22 bits per heavy atom. The summed E-state index contributed by atoms with van der Waals surface area (Å²) in [4.78, 5) is 0.361. The zero-order chi connectivity index (χ0) is 12.6. The van der Waals surface area contributed by atoms with E-state index in [9.17, 15) is 5.11 Å². The Kier molecular flexibility index (Phi) is 0.425. The van der Waals surface area contributed by atoms with Gasteiger partial charge in [-0.05, 0) is 31.8 Å². The molecule has 3 rings (SSSR count). The number of hydrogen-bond donors (Lipinski definition) is 1. The van der Waals surface area contributed by atoms with E-state index in [1.54, 1.807) is 0 Å². The lowest BCUT2D eigenvalue weighted by Gasteiger charge is -2.42. The van der Waals surface area contributed by atoms with Gasteiger partial charge in [-0.1, -0.05) is 0 Å². The highest BCUT2D eigenvalue weighted by molar-refractivity contribution is 4.85. The first-order chi connectivity index (χ1) is 6.93. The Labute approximate surface area is 65.3 Å². The van der Waals surface area contributed by atoms with Gasteiger partial charge in [0.1, 0.15) is 0 Å². The topological polar surface area (TPSA) is 23.5 Å². The highest BCUT2D eigenvalue weighted by atomic mass is 16.3. The van der Waals surface area contributed by atoms with Gasteiger partial charge in [0.15, 0.2) is 0 Å². The summed E-state index contributed by atoms with van der Waals surface area (Å²) in [6, 6.07) is 0. The molecule has 0 saturated carbocycles. The van der Waals surface area contributed by atoms with Gasteiger partial charge in [0, 0.05) is 14.7 Å². The molecule has 0 aliphatic carbocycles. The molecule has 3 heterocycles. The summed E-state index contributed by atoms with van der Waals surface area (Å²) >= 11 is 0. The second-order valence-electron chi connectivity index (χ2n) is 2.25. The van der Waals surface area contributed by atoms with Crippen LogP contribution in [0.4, 0.5) is 0 Å². The van der Waals surface area contributed by atoms with E-state index in [1.807, 2.05) is 0 Å². The smallest absolute Gasteiger partial charge is 0.0696 e. The molecular formula is C7H13NO. The molecule has 2 heteroatoms. The molecule has 3 aliphatic rings. The second kappa shape index (κ2) is 1.96. The molecule has 1 atom stereocenters. The zero-order valence-corrected chi connectivity index (χ0v) is 4.89. The SMILES string of the molecule is [2H]C1([2H])CC2CC([2H])([2H])N1C([2H])([2H])C2([2H])O. The lowest BCUT2D eigenvalue weighted by Crippen LogP contribution is -2.50. The van der Waals surface area contributed by atoms with E-state index in [0.29, 0.717) is 4.90 Å². The number of aliphatic hydroxyl groups is 1. The summed E-state index contributed by atoms with van der Waals surface area (Å²) in [5.41, 5.74) is 0. The fraction of sp³-hybridized carbons (Fsp3) is 1.00. The van der Waals surface area contributed by atoms with E-state index in [-0.39, 0.29) is 12.8 Å². The van der Waals surface area contributed by atoms with Crippen LogP contribution in [0.3, 0.4) is 0 Å². The van der Waals surface area contributed by atoms with Gasteiger partial charge >= 0.3 is 0 Å². The maximum absolute atomic E-state index is 9.77. The minimum atomic E-state index is -2.73. The van der Waals surface area contributed by atoms with Crippen molar-refractivity contribution in [3.8, 4) is 0 Å². The number of hydrogen-bond acceptors (Lipinski definition) is 2. The quantitative estimate of drug-likeness (QED) is 0.507. The third-order valence-electron chi connectivity index (χ3n) is 1.60. The maximum Gasteiger partial charge on any atom is 0.0696 e. The Hall–Kier alpha value is -0.0800. The predicted molar refractivity (Wildman–Crippen MR) is 35.2 cm³/mol. The molecule has 1 N–H and O–H groups in total. The summed E-state index contributed by atoms with van der Waals surface area (Å²) in [6.45, 7) is -7.09. The molecule has 3 fully saturated rings. The maximum atomic E-state index is 9.77. The average molecular weight is 134 g/mol. The van der Waals surface area contributed by atoms with Crippen molar-refractivity contribution in [1.82, 2.24) is 4.90 Å². The van der Waals surface area contributed by atoms with Crippen LogP contribution in [0.25, 0.3) is 0 Å². The average Bonchev–Trinajstić information content (AvgIpc) is 1.94. The largest absolute Gasteiger partial charge is 0.392 e.